The Labute approximate surface area is 599 Å². The highest BCUT2D eigenvalue weighted by atomic mass is 31.2. The number of aliphatic hydroxyl groups is 1. The first-order chi connectivity index (χ1) is 48.7. The Morgan fingerprint density at radius 1 is 0.540 bits per heavy atom. The number of carbonyl (C=O) groups excluding carboxylic acids is 1. The molecule has 5 rings (SSSR count). The van der Waals surface area contributed by atoms with Crippen molar-refractivity contribution in [2.75, 3.05) is 39.6 Å². The summed E-state index contributed by atoms with van der Waals surface area (Å²) < 4.78 is 67.2. The monoisotopic (exact) mass is 1420 g/mol. The SMILES string of the molecule is [C-]#[N+]CCOP(=O)(OC[C@H]1O[C@@H](n2cc(C)c(=O)n(C(=O)c3cc(OCCCCCCCCCCCCCCCC)c(OCCCCCCCCCCCCCCCC)c(OCCCCCCCCCCCCCCCC)c3)c2=O)CC1O)OC1C[C@H](n2cc(C)c(=O)[nH]c2=O)O[C@@H]1CC. The van der Waals surface area contributed by atoms with Crippen LogP contribution in [0.2, 0.25) is 0 Å². The van der Waals surface area contributed by atoms with Crippen LogP contribution in [0.1, 0.15) is 351 Å². The van der Waals surface area contributed by atoms with Gasteiger partial charge >= 0.3 is 19.2 Å². The predicted octanol–water partition coefficient (Wildman–Crippen LogP) is 19.2. The fraction of sp³-hybridized carbons (Fsp3) is 0.797. The maximum absolute atomic E-state index is 15.1. The first-order valence-corrected chi connectivity index (χ1v) is 41.3. The predicted molar refractivity (Wildman–Crippen MR) is 399 cm³/mol. The molecular formula is C79H132N5O15P. The summed E-state index contributed by atoms with van der Waals surface area (Å²) in [5.74, 6) is 0.0908. The van der Waals surface area contributed by atoms with Crippen LogP contribution >= 0.6 is 7.82 Å². The molecule has 7 atom stereocenters. The van der Waals surface area contributed by atoms with E-state index in [1.54, 1.807) is 19.1 Å². The first kappa shape index (κ1) is 85.8. The molecular weight excluding hydrogens is 1290 g/mol. The summed E-state index contributed by atoms with van der Waals surface area (Å²) in [7, 11) is -4.57. The number of phosphoric ester groups is 1. The Bertz CT molecular complexity index is 3010. The third-order valence-electron chi connectivity index (χ3n) is 19.7. The molecule has 2 aliphatic rings. The van der Waals surface area contributed by atoms with Gasteiger partial charge in [-0.25, -0.2) is 20.7 Å². The number of nitrogens with one attached hydrogen (secondary N) is 1. The van der Waals surface area contributed by atoms with Crippen molar-refractivity contribution in [3.05, 3.63) is 94.3 Å². The van der Waals surface area contributed by atoms with Gasteiger partial charge in [0.2, 0.25) is 12.3 Å². The van der Waals surface area contributed by atoms with Crippen molar-refractivity contribution in [1.29, 1.82) is 0 Å². The Balaban J connectivity index is 1.32. The summed E-state index contributed by atoms with van der Waals surface area (Å²) >= 11 is 0. The third-order valence-corrected chi connectivity index (χ3v) is 21.2. The van der Waals surface area contributed by atoms with Gasteiger partial charge in [-0.3, -0.25) is 42.1 Å². The minimum Gasteiger partial charge on any atom is -0.490 e. The lowest BCUT2D eigenvalue weighted by atomic mass is 10.0. The van der Waals surface area contributed by atoms with Crippen LogP contribution in [0.25, 0.3) is 4.85 Å². The Morgan fingerprint density at radius 3 is 1.37 bits per heavy atom. The molecule has 100 heavy (non-hydrogen) atoms. The van der Waals surface area contributed by atoms with Gasteiger partial charge in [0, 0.05) is 41.9 Å². The summed E-state index contributed by atoms with van der Waals surface area (Å²) in [6.45, 7) is 19.0. The number of rotatable bonds is 60. The number of H-pyrrole nitrogens is 1. The molecule has 0 radical (unpaired) electrons. The number of aromatic amines is 1. The van der Waals surface area contributed by atoms with Gasteiger partial charge < -0.3 is 33.6 Å². The van der Waals surface area contributed by atoms with Crippen LogP contribution in [0.15, 0.2) is 43.7 Å². The van der Waals surface area contributed by atoms with E-state index >= 15 is 4.79 Å². The van der Waals surface area contributed by atoms with Gasteiger partial charge in [-0.05, 0) is 51.7 Å². The zero-order chi connectivity index (χ0) is 72.0. The van der Waals surface area contributed by atoms with Crippen LogP contribution in [-0.4, -0.2) is 93.7 Å². The zero-order valence-corrected chi connectivity index (χ0v) is 63.6. The van der Waals surface area contributed by atoms with Gasteiger partial charge in [0.15, 0.2) is 11.5 Å². The van der Waals surface area contributed by atoms with E-state index in [1.165, 1.54) is 223 Å². The van der Waals surface area contributed by atoms with Crippen molar-refractivity contribution < 1.29 is 51.7 Å². The molecule has 0 saturated carbocycles. The molecule has 2 saturated heterocycles. The molecule has 568 valence electrons. The topological polar surface area (TPSA) is 231 Å². The van der Waals surface area contributed by atoms with Crippen LogP contribution in [0.4, 0.5) is 0 Å². The number of ether oxygens (including phenoxy) is 5. The maximum atomic E-state index is 15.1. The average Bonchev–Trinajstić information content (AvgIpc) is 1.30. The van der Waals surface area contributed by atoms with Crippen LogP contribution < -0.4 is 36.7 Å². The lowest BCUT2D eigenvalue weighted by Gasteiger charge is -2.25. The van der Waals surface area contributed by atoms with Gasteiger partial charge in [-0.15, -0.1) is 0 Å². The number of aromatic nitrogens is 4. The van der Waals surface area contributed by atoms with E-state index in [0.717, 1.165) is 75.2 Å². The van der Waals surface area contributed by atoms with E-state index < -0.39 is 79.7 Å². The molecule has 20 nitrogen and oxygen atoms in total. The summed E-state index contributed by atoms with van der Waals surface area (Å²) in [6.07, 6.45) is 47.9. The van der Waals surface area contributed by atoms with E-state index in [1.807, 2.05) is 6.92 Å². The van der Waals surface area contributed by atoms with E-state index in [0.29, 0.717) is 48.1 Å². The lowest BCUT2D eigenvalue weighted by Crippen LogP contribution is -2.45. The highest BCUT2D eigenvalue weighted by molar-refractivity contribution is 7.48. The van der Waals surface area contributed by atoms with Crippen LogP contribution in [0.3, 0.4) is 0 Å². The van der Waals surface area contributed by atoms with Crippen molar-refractivity contribution in [2.45, 2.75) is 367 Å². The normalized spacial score (nSPS) is 18.2. The van der Waals surface area contributed by atoms with E-state index in [4.69, 9.17) is 43.8 Å². The molecule has 2 aliphatic heterocycles. The summed E-state index contributed by atoms with van der Waals surface area (Å²) in [5.41, 5.74) is -2.76. The van der Waals surface area contributed by atoms with Gasteiger partial charge in [-0.2, -0.15) is 4.57 Å². The smallest absolute Gasteiger partial charge is 0.475 e. The Kier molecular flexibility index (Phi) is 44.0. The fourth-order valence-corrected chi connectivity index (χ4v) is 14.9. The minimum absolute atomic E-state index is 0.00935. The number of hydrogen-bond donors (Lipinski definition) is 2. The summed E-state index contributed by atoms with van der Waals surface area (Å²) in [5, 5.41) is 11.5. The number of nitrogens with zero attached hydrogens (tertiary/aromatic N) is 4. The number of phosphoric acid groups is 1. The van der Waals surface area contributed by atoms with Crippen LogP contribution in [0.5, 0.6) is 17.2 Å². The Hall–Kier alpha value is -4.87. The average molecular weight is 1420 g/mol. The van der Waals surface area contributed by atoms with Crippen LogP contribution in [-0.2, 0) is 27.6 Å². The molecule has 3 aromatic rings. The number of hydrogen-bond acceptors (Lipinski definition) is 15. The lowest BCUT2D eigenvalue weighted by molar-refractivity contribution is -0.0540. The van der Waals surface area contributed by atoms with Gasteiger partial charge in [0.1, 0.15) is 25.2 Å². The quantitative estimate of drug-likeness (QED) is 0.0304. The molecule has 2 aromatic heterocycles. The molecule has 0 aliphatic carbocycles. The zero-order valence-electron chi connectivity index (χ0n) is 62.7. The molecule has 4 heterocycles. The van der Waals surface area contributed by atoms with Crippen molar-refractivity contribution in [3.8, 4) is 17.2 Å². The molecule has 2 fully saturated rings. The second-order valence-corrected chi connectivity index (χ2v) is 30.0. The van der Waals surface area contributed by atoms with Gasteiger partial charge in [0.05, 0.1) is 44.7 Å². The number of aryl methyl sites for hydroxylation is 2. The standard InChI is InChI=1S/C79H132N5O15P/c1-8-12-15-18-21-24-27-30-33-36-39-42-45-48-52-92-69-56-65(57-70(93-53-49-46-43-40-37-34-31-28-25-22-19-16-13-9-2)74(69)94-54-50-47-44-41-38-35-32-29-26-23-20-17-14-10-3)77(88)84-76(87)64(6)61-83(79(84)90)72-58-66(85)71(98-72)62-96-100(91,95-55-51-80-7)99-68-59-73(97-67(68)11-4)82-60-63(5)75(86)81-78(82)89/h56-57,60-61,66-68,71-73,85H,8-55,58-59,62H2,1-6H3,(H,81,86,89)/t66?,67-,68?,71-,72-,73-,100?/m1/s1. The maximum Gasteiger partial charge on any atom is 0.475 e. The molecule has 1 aromatic carbocycles. The number of unbranched alkanes of at least 4 members (excludes halogenated alkanes) is 39. The Morgan fingerprint density at radius 2 is 0.940 bits per heavy atom. The van der Waals surface area contributed by atoms with E-state index in [2.05, 4.69) is 30.6 Å². The third kappa shape index (κ3) is 32.0. The minimum atomic E-state index is -4.57. The second kappa shape index (κ2) is 51.3. The highest BCUT2D eigenvalue weighted by Crippen LogP contribution is 2.54. The molecule has 21 heteroatoms. The number of benzene rings is 1. The largest absolute Gasteiger partial charge is 0.490 e. The molecule has 2 N–H and O–H groups in total. The van der Waals surface area contributed by atoms with E-state index in [9.17, 15) is 28.8 Å². The molecule has 0 spiro atoms. The number of aliphatic hydroxyl groups excluding tert-OH is 1. The fourth-order valence-electron chi connectivity index (χ4n) is 13.5. The highest BCUT2D eigenvalue weighted by Gasteiger charge is 2.45. The van der Waals surface area contributed by atoms with Crippen LogP contribution in [0, 0.1) is 20.4 Å². The van der Waals surface area contributed by atoms with Crippen molar-refractivity contribution in [2.24, 2.45) is 0 Å². The van der Waals surface area contributed by atoms with Gasteiger partial charge in [-0.1, -0.05) is 278 Å². The molecule has 3 unspecified atom stereocenters. The second-order valence-electron chi connectivity index (χ2n) is 28.4. The summed E-state index contributed by atoms with van der Waals surface area (Å²) in [4.78, 5) is 74.7. The molecule has 0 bridgehead atoms. The van der Waals surface area contributed by atoms with E-state index in [-0.39, 0.29) is 42.7 Å². The van der Waals surface area contributed by atoms with Crippen molar-refractivity contribution in [3.63, 3.8) is 0 Å². The van der Waals surface area contributed by atoms with Crippen molar-refractivity contribution in [1.82, 2.24) is 18.7 Å². The molecule has 0 amide bonds. The summed E-state index contributed by atoms with van der Waals surface area (Å²) in [6, 6.07) is 3.11. The van der Waals surface area contributed by atoms with Gasteiger partial charge in [0.25, 0.3) is 17.0 Å². The van der Waals surface area contributed by atoms with Crippen molar-refractivity contribution >= 4 is 13.7 Å². The number of carbonyl (C=O) groups is 1. The first-order valence-electron chi connectivity index (χ1n) is 39.9.